The summed E-state index contributed by atoms with van der Waals surface area (Å²) >= 11 is 0. The molecule has 0 bridgehead atoms. The lowest BCUT2D eigenvalue weighted by atomic mass is 9.99. The first-order valence-corrected chi connectivity index (χ1v) is 12.1. The van der Waals surface area contributed by atoms with Crippen molar-refractivity contribution < 1.29 is 33.8 Å². The SMILES string of the molecule is CC(=O)NCN(C(C(=O)N(c1cccnc1)C(Cc1ccccc1)C(=O)O)C(C)C)P(=O)(O)O. The van der Waals surface area contributed by atoms with Crippen LogP contribution < -0.4 is 10.2 Å². The molecule has 2 atom stereocenters. The summed E-state index contributed by atoms with van der Waals surface area (Å²) in [5, 5.41) is 12.4. The van der Waals surface area contributed by atoms with Gasteiger partial charge < -0.3 is 20.2 Å². The average molecular weight is 492 g/mol. The molecular weight excluding hydrogens is 463 g/mol. The number of carboxylic acid groups (broad SMARTS) is 1. The van der Waals surface area contributed by atoms with E-state index in [9.17, 15) is 33.8 Å². The Kier molecular flexibility index (Phi) is 9.46. The fourth-order valence-corrected chi connectivity index (χ4v) is 4.47. The summed E-state index contributed by atoms with van der Waals surface area (Å²) in [6.07, 6.45) is 2.72. The highest BCUT2D eigenvalue weighted by atomic mass is 31.2. The summed E-state index contributed by atoms with van der Waals surface area (Å²) in [7, 11) is -5.04. The molecule has 0 spiro atoms. The zero-order valence-corrected chi connectivity index (χ0v) is 20.0. The smallest absolute Gasteiger partial charge is 0.405 e. The molecule has 0 fully saturated rings. The fraction of sp³-hybridized carbons (Fsp3) is 0.364. The van der Waals surface area contributed by atoms with E-state index in [1.807, 2.05) is 0 Å². The standard InChI is InChI=1S/C22H29N4O7P/c1-15(2)20(25(34(31,32)33)14-24-16(3)27)21(28)26(18-10-7-11-23-13-18)19(22(29)30)12-17-8-5-4-6-9-17/h4-11,13,15,19-20H,12,14H2,1-3H3,(H,24,27)(H,29,30)(H2,31,32,33). The molecule has 4 N–H and O–H groups in total. The third-order valence-electron chi connectivity index (χ3n) is 5.06. The summed E-state index contributed by atoms with van der Waals surface area (Å²) in [5.41, 5.74) is 0.814. The van der Waals surface area contributed by atoms with E-state index in [1.165, 1.54) is 31.5 Å². The van der Waals surface area contributed by atoms with Crippen molar-refractivity contribution >= 4 is 31.2 Å². The summed E-state index contributed by atoms with van der Waals surface area (Å²) in [4.78, 5) is 62.6. The Morgan fingerprint density at radius 3 is 2.21 bits per heavy atom. The van der Waals surface area contributed by atoms with Crippen molar-refractivity contribution in [1.82, 2.24) is 15.0 Å². The number of nitrogens with one attached hydrogen (secondary N) is 1. The van der Waals surface area contributed by atoms with Gasteiger partial charge in [0.25, 0.3) is 0 Å². The molecule has 34 heavy (non-hydrogen) atoms. The van der Waals surface area contributed by atoms with Crippen LogP contribution in [-0.2, 0) is 25.4 Å². The third-order valence-corrected chi connectivity index (χ3v) is 6.12. The number of pyridine rings is 1. The first kappa shape index (κ1) is 27.1. The van der Waals surface area contributed by atoms with Crippen molar-refractivity contribution in [3.05, 3.63) is 60.4 Å². The van der Waals surface area contributed by atoms with Crippen molar-refractivity contribution in [3.63, 3.8) is 0 Å². The Bertz CT molecular complexity index is 1030. The van der Waals surface area contributed by atoms with Crippen LogP contribution in [-0.4, -0.2) is 61.1 Å². The van der Waals surface area contributed by atoms with Crippen LogP contribution >= 0.6 is 7.75 Å². The molecule has 0 aliphatic rings. The lowest BCUT2D eigenvalue weighted by Gasteiger charge is -2.38. The van der Waals surface area contributed by atoms with Gasteiger partial charge in [-0.2, -0.15) is 4.67 Å². The van der Waals surface area contributed by atoms with E-state index in [2.05, 4.69) is 10.3 Å². The molecule has 1 aromatic heterocycles. The van der Waals surface area contributed by atoms with Gasteiger partial charge in [0.15, 0.2) is 0 Å². The molecule has 2 unspecified atom stereocenters. The highest BCUT2D eigenvalue weighted by Gasteiger charge is 2.44. The van der Waals surface area contributed by atoms with E-state index in [1.54, 1.807) is 44.2 Å². The van der Waals surface area contributed by atoms with E-state index in [-0.39, 0.29) is 12.1 Å². The Balaban J connectivity index is 2.60. The number of anilines is 1. The van der Waals surface area contributed by atoms with Gasteiger partial charge in [0.1, 0.15) is 12.1 Å². The molecule has 2 amide bonds. The average Bonchev–Trinajstić information content (AvgIpc) is 2.76. The molecule has 0 radical (unpaired) electrons. The molecule has 0 aliphatic heterocycles. The van der Waals surface area contributed by atoms with Crippen molar-refractivity contribution in [2.24, 2.45) is 5.92 Å². The molecule has 184 valence electrons. The summed E-state index contributed by atoms with van der Waals surface area (Å²) < 4.78 is 12.9. The van der Waals surface area contributed by atoms with Crippen LogP contribution in [0.25, 0.3) is 0 Å². The van der Waals surface area contributed by atoms with Gasteiger partial charge in [0.2, 0.25) is 11.8 Å². The second kappa shape index (κ2) is 11.8. The predicted molar refractivity (Wildman–Crippen MR) is 124 cm³/mol. The van der Waals surface area contributed by atoms with Gasteiger partial charge in [-0.3, -0.25) is 19.5 Å². The zero-order valence-electron chi connectivity index (χ0n) is 19.1. The van der Waals surface area contributed by atoms with Crippen LogP contribution in [0.5, 0.6) is 0 Å². The van der Waals surface area contributed by atoms with Gasteiger partial charge in [-0.1, -0.05) is 44.2 Å². The molecule has 2 aromatic rings. The van der Waals surface area contributed by atoms with Gasteiger partial charge in [-0.15, -0.1) is 0 Å². The van der Waals surface area contributed by atoms with Crippen LogP contribution in [0.4, 0.5) is 5.69 Å². The molecule has 12 heteroatoms. The minimum absolute atomic E-state index is 0.0524. The highest BCUT2D eigenvalue weighted by molar-refractivity contribution is 7.49. The number of benzene rings is 1. The quantitative estimate of drug-likeness (QED) is 0.270. The number of rotatable bonds is 11. The highest BCUT2D eigenvalue weighted by Crippen LogP contribution is 2.43. The van der Waals surface area contributed by atoms with Gasteiger partial charge in [0.05, 0.1) is 18.6 Å². The van der Waals surface area contributed by atoms with Crippen LogP contribution in [0, 0.1) is 5.92 Å². The van der Waals surface area contributed by atoms with Crippen LogP contribution in [0.15, 0.2) is 54.9 Å². The molecule has 1 aromatic carbocycles. The number of nitrogens with zero attached hydrogens (tertiary/aromatic N) is 3. The Hall–Kier alpha value is -3.11. The van der Waals surface area contributed by atoms with Crippen molar-refractivity contribution in [1.29, 1.82) is 0 Å². The van der Waals surface area contributed by atoms with Crippen LogP contribution in [0.1, 0.15) is 26.3 Å². The Morgan fingerprint density at radius 2 is 1.74 bits per heavy atom. The minimum Gasteiger partial charge on any atom is -0.480 e. The number of hydrogen-bond donors (Lipinski definition) is 4. The molecular formula is C22H29N4O7P. The summed E-state index contributed by atoms with van der Waals surface area (Å²) in [5.74, 6) is -3.35. The normalized spacial score (nSPS) is 13.4. The minimum atomic E-state index is -5.04. The van der Waals surface area contributed by atoms with Crippen molar-refractivity contribution in [2.45, 2.75) is 39.3 Å². The number of amides is 2. The topological polar surface area (TPSA) is 160 Å². The monoisotopic (exact) mass is 492 g/mol. The maximum Gasteiger partial charge on any atom is 0.405 e. The van der Waals surface area contributed by atoms with Crippen molar-refractivity contribution in [2.75, 3.05) is 11.6 Å². The Labute approximate surface area is 197 Å². The number of carbonyl (C=O) groups excluding carboxylic acids is 2. The van der Waals surface area contributed by atoms with Crippen LogP contribution in [0.3, 0.4) is 0 Å². The van der Waals surface area contributed by atoms with Gasteiger partial charge in [0, 0.05) is 19.5 Å². The number of aromatic nitrogens is 1. The van der Waals surface area contributed by atoms with E-state index >= 15 is 0 Å². The van der Waals surface area contributed by atoms with E-state index in [4.69, 9.17) is 0 Å². The third kappa shape index (κ3) is 7.19. The molecule has 0 saturated carbocycles. The second-order valence-corrected chi connectivity index (χ2v) is 9.54. The fourth-order valence-electron chi connectivity index (χ4n) is 3.53. The first-order valence-electron chi connectivity index (χ1n) is 10.5. The Morgan fingerprint density at radius 1 is 1.09 bits per heavy atom. The first-order chi connectivity index (χ1) is 15.9. The summed E-state index contributed by atoms with van der Waals surface area (Å²) in [6.45, 7) is 3.72. The summed E-state index contributed by atoms with van der Waals surface area (Å²) in [6, 6.07) is 8.89. The molecule has 11 nitrogen and oxygen atoms in total. The van der Waals surface area contributed by atoms with Gasteiger partial charge in [-0.05, 0) is 23.6 Å². The predicted octanol–water partition coefficient (Wildman–Crippen LogP) is 1.62. The second-order valence-electron chi connectivity index (χ2n) is 8.00. The molecule has 1 heterocycles. The lowest BCUT2D eigenvalue weighted by molar-refractivity contribution is -0.140. The maximum absolute atomic E-state index is 13.9. The largest absolute Gasteiger partial charge is 0.480 e. The molecule has 0 saturated heterocycles. The van der Waals surface area contributed by atoms with Gasteiger partial charge >= 0.3 is 13.7 Å². The van der Waals surface area contributed by atoms with Gasteiger partial charge in [-0.25, -0.2) is 9.36 Å². The molecule has 2 rings (SSSR count). The number of carboxylic acids is 1. The van der Waals surface area contributed by atoms with Crippen molar-refractivity contribution in [3.8, 4) is 0 Å². The van der Waals surface area contributed by atoms with E-state index in [0.717, 1.165) is 4.90 Å². The van der Waals surface area contributed by atoms with Crippen LogP contribution in [0.2, 0.25) is 0 Å². The lowest BCUT2D eigenvalue weighted by Crippen LogP contribution is -2.57. The van der Waals surface area contributed by atoms with E-state index in [0.29, 0.717) is 10.2 Å². The zero-order chi connectivity index (χ0) is 25.5. The molecule has 0 aliphatic carbocycles. The van der Waals surface area contributed by atoms with E-state index < -0.39 is 50.2 Å². The number of carbonyl (C=O) groups is 3. The number of aliphatic carboxylic acids is 1. The number of hydrogen-bond acceptors (Lipinski definition) is 5. The maximum atomic E-state index is 13.9.